The fraction of sp³-hybridized carbons (Fsp3) is 0.611. The van der Waals surface area contributed by atoms with E-state index in [9.17, 15) is 4.79 Å². The molecule has 0 unspecified atom stereocenters. The Morgan fingerprint density at radius 2 is 2.24 bits per heavy atom. The van der Waals surface area contributed by atoms with E-state index >= 15 is 0 Å². The predicted molar refractivity (Wildman–Crippen MR) is 92.9 cm³/mol. The van der Waals surface area contributed by atoms with E-state index in [0.717, 1.165) is 68.8 Å². The first-order chi connectivity index (χ1) is 12.2. The lowest BCUT2D eigenvalue weighted by Crippen LogP contribution is -2.38. The summed E-state index contributed by atoms with van der Waals surface area (Å²) in [7, 11) is 1.90. The minimum atomic E-state index is 0.0281. The number of aromatic nitrogens is 4. The van der Waals surface area contributed by atoms with Crippen LogP contribution in [-0.2, 0) is 29.4 Å². The summed E-state index contributed by atoms with van der Waals surface area (Å²) in [5.74, 6) is 0.757. The number of fused-ring (bicyclic) bond motifs is 1. The number of nitrogens with one attached hydrogen (secondary N) is 2. The number of nitrogens with zero attached hydrogens (tertiary/aromatic N) is 3. The molecular weight excluding hydrogens is 318 g/mol. The van der Waals surface area contributed by atoms with Crippen LogP contribution in [0.4, 0.5) is 0 Å². The van der Waals surface area contributed by atoms with Crippen molar-refractivity contribution in [2.45, 2.75) is 32.1 Å². The zero-order valence-corrected chi connectivity index (χ0v) is 14.6. The number of rotatable bonds is 4. The Kier molecular flexibility index (Phi) is 4.57. The summed E-state index contributed by atoms with van der Waals surface area (Å²) in [5, 5.41) is 15.0. The van der Waals surface area contributed by atoms with Crippen LogP contribution in [0.15, 0.2) is 12.4 Å². The minimum absolute atomic E-state index is 0.0281. The number of aromatic amines is 1. The molecule has 2 aromatic heterocycles. The molecule has 25 heavy (non-hydrogen) atoms. The van der Waals surface area contributed by atoms with Gasteiger partial charge in [0.05, 0.1) is 11.9 Å². The lowest BCUT2D eigenvalue weighted by atomic mass is 9.85. The van der Waals surface area contributed by atoms with Crippen LogP contribution in [0.3, 0.4) is 0 Å². The number of hydrogen-bond acceptors (Lipinski definition) is 4. The van der Waals surface area contributed by atoms with Crippen molar-refractivity contribution >= 4 is 5.91 Å². The monoisotopic (exact) mass is 343 g/mol. The van der Waals surface area contributed by atoms with E-state index < -0.39 is 0 Å². The molecule has 2 aromatic rings. The van der Waals surface area contributed by atoms with Gasteiger partial charge in [-0.3, -0.25) is 14.6 Å². The van der Waals surface area contributed by atoms with Gasteiger partial charge in [-0.2, -0.15) is 10.2 Å². The fourth-order valence-corrected chi connectivity index (χ4v) is 3.84. The van der Waals surface area contributed by atoms with E-state index in [-0.39, 0.29) is 11.8 Å². The average molecular weight is 343 g/mol. The van der Waals surface area contributed by atoms with Gasteiger partial charge < -0.3 is 10.1 Å². The van der Waals surface area contributed by atoms with Gasteiger partial charge in [0.25, 0.3) is 0 Å². The van der Waals surface area contributed by atoms with Crippen molar-refractivity contribution < 1.29 is 9.53 Å². The Morgan fingerprint density at radius 3 is 3.00 bits per heavy atom. The number of H-pyrrole nitrogens is 1. The lowest BCUT2D eigenvalue weighted by Gasteiger charge is -2.25. The van der Waals surface area contributed by atoms with E-state index in [1.807, 2.05) is 19.4 Å². The molecule has 0 radical (unpaired) electrons. The summed E-state index contributed by atoms with van der Waals surface area (Å²) in [4.78, 5) is 12.6. The highest BCUT2D eigenvalue weighted by Crippen LogP contribution is 2.32. The highest BCUT2D eigenvalue weighted by Gasteiger charge is 2.29. The van der Waals surface area contributed by atoms with Crippen molar-refractivity contribution in [3.8, 4) is 11.3 Å². The zero-order chi connectivity index (χ0) is 17.2. The summed E-state index contributed by atoms with van der Waals surface area (Å²) in [6.45, 7) is 2.40. The summed E-state index contributed by atoms with van der Waals surface area (Å²) in [6, 6.07) is 0. The second kappa shape index (κ2) is 7.00. The lowest BCUT2D eigenvalue weighted by molar-refractivity contribution is -0.125. The molecule has 134 valence electrons. The molecule has 1 aliphatic carbocycles. The maximum Gasteiger partial charge on any atom is 0.223 e. The van der Waals surface area contributed by atoms with Crippen LogP contribution >= 0.6 is 0 Å². The van der Waals surface area contributed by atoms with Crippen molar-refractivity contribution in [2.75, 3.05) is 19.8 Å². The molecule has 7 nitrogen and oxygen atoms in total. The van der Waals surface area contributed by atoms with Gasteiger partial charge in [0.2, 0.25) is 5.91 Å². The molecular formula is C18H25N5O2. The second-order valence-corrected chi connectivity index (χ2v) is 7.17. The third-order valence-electron chi connectivity index (χ3n) is 5.40. The molecule has 1 saturated heterocycles. The average Bonchev–Trinajstić information content (AvgIpc) is 3.25. The molecule has 1 aliphatic heterocycles. The normalized spacial score (nSPS) is 21.1. The van der Waals surface area contributed by atoms with Crippen molar-refractivity contribution in [2.24, 2.45) is 18.9 Å². The zero-order valence-electron chi connectivity index (χ0n) is 14.6. The van der Waals surface area contributed by atoms with E-state index in [4.69, 9.17) is 4.74 Å². The van der Waals surface area contributed by atoms with Gasteiger partial charge >= 0.3 is 0 Å². The number of carbonyl (C=O) groups is 1. The van der Waals surface area contributed by atoms with Gasteiger partial charge in [0.15, 0.2) is 0 Å². The van der Waals surface area contributed by atoms with Gasteiger partial charge in [-0.05, 0) is 38.0 Å². The van der Waals surface area contributed by atoms with Crippen molar-refractivity contribution in [3.05, 3.63) is 23.7 Å². The molecule has 3 heterocycles. The van der Waals surface area contributed by atoms with E-state index in [2.05, 4.69) is 20.6 Å². The Bertz CT molecular complexity index is 744. The van der Waals surface area contributed by atoms with Crippen LogP contribution in [0, 0.1) is 11.8 Å². The molecule has 4 rings (SSSR count). The molecule has 0 spiro atoms. The quantitative estimate of drug-likeness (QED) is 0.880. The van der Waals surface area contributed by atoms with Gasteiger partial charge in [-0.15, -0.1) is 0 Å². The Morgan fingerprint density at radius 1 is 1.40 bits per heavy atom. The van der Waals surface area contributed by atoms with Gasteiger partial charge in [-0.25, -0.2) is 0 Å². The van der Waals surface area contributed by atoms with Crippen molar-refractivity contribution in [1.29, 1.82) is 0 Å². The molecule has 1 fully saturated rings. The molecule has 1 atom stereocenters. The third-order valence-corrected chi connectivity index (χ3v) is 5.40. The van der Waals surface area contributed by atoms with Crippen molar-refractivity contribution in [3.63, 3.8) is 0 Å². The van der Waals surface area contributed by atoms with Gasteiger partial charge in [-0.1, -0.05) is 0 Å². The maximum absolute atomic E-state index is 12.6. The SMILES string of the molecule is Cn1cc(-c2n[nH]c3c2C[C@H](C(=O)NCC2CCOCC2)CC3)cn1. The summed E-state index contributed by atoms with van der Waals surface area (Å²) in [5.41, 5.74) is 4.27. The Hall–Kier alpha value is -2.15. The largest absolute Gasteiger partial charge is 0.381 e. The molecule has 2 aliphatic rings. The first kappa shape index (κ1) is 16.3. The number of hydrogen-bond donors (Lipinski definition) is 2. The first-order valence-electron chi connectivity index (χ1n) is 9.11. The fourth-order valence-electron chi connectivity index (χ4n) is 3.84. The first-order valence-corrected chi connectivity index (χ1v) is 9.11. The molecule has 2 N–H and O–H groups in total. The Labute approximate surface area is 147 Å². The van der Waals surface area contributed by atoms with E-state index in [1.165, 1.54) is 5.56 Å². The highest BCUT2D eigenvalue weighted by molar-refractivity contribution is 5.80. The molecule has 0 aromatic carbocycles. The number of aryl methyl sites for hydroxylation is 2. The topological polar surface area (TPSA) is 84.8 Å². The smallest absolute Gasteiger partial charge is 0.223 e. The maximum atomic E-state index is 12.6. The van der Waals surface area contributed by atoms with Gasteiger partial charge in [0.1, 0.15) is 0 Å². The van der Waals surface area contributed by atoms with Crippen LogP contribution in [-0.4, -0.2) is 45.6 Å². The Balaban J connectivity index is 1.41. The summed E-state index contributed by atoms with van der Waals surface area (Å²) < 4.78 is 7.16. The van der Waals surface area contributed by atoms with E-state index in [0.29, 0.717) is 5.92 Å². The minimum Gasteiger partial charge on any atom is -0.381 e. The summed E-state index contributed by atoms with van der Waals surface area (Å²) in [6.07, 6.45) is 8.37. The predicted octanol–water partition coefficient (Wildman–Crippen LogP) is 1.46. The second-order valence-electron chi connectivity index (χ2n) is 7.17. The number of ether oxygens (including phenoxy) is 1. The molecule has 0 saturated carbocycles. The van der Waals surface area contributed by atoms with Crippen LogP contribution < -0.4 is 5.32 Å². The molecule has 1 amide bonds. The van der Waals surface area contributed by atoms with Crippen LogP contribution in [0.25, 0.3) is 11.3 Å². The third kappa shape index (κ3) is 3.46. The van der Waals surface area contributed by atoms with Gasteiger partial charge in [0, 0.05) is 55.7 Å². The van der Waals surface area contributed by atoms with Crippen LogP contribution in [0.1, 0.15) is 30.5 Å². The van der Waals surface area contributed by atoms with E-state index in [1.54, 1.807) is 4.68 Å². The molecule has 0 bridgehead atoms. The van der Waals surface area contributed by atoms with Crippen LogP contribution in [0.2, 0.25) is 0 Å². The van der Waals surface area contributed by atoms with Crippen LogP contribution in [0.5, 0.6) is 0 Å². The highest BCUT2D eigenvalue weighted by atomic mass is 16.5. The standard InChI is InChI=1S/C18H25N5O2/c1-23-11-14(10-20-23)17-15-8-13(2-3-16(15)21-22-17)18(24)19-9-12-4-6-25-7-5-12/h10-13H,2-9H2,1H3,(H,19,24)(H,21,22)/t13-/m1/s1. The number of amides is 1. The number of carbonyl (C=O) groups excluding carboxylic acids is 1. The summed E-state index contributed by atoms with van der Waals surface area (Å²) >= 11 is 0. The molecule has 7 heteroatoms. The van der Waals surface area contributed by atoms with Crippen molar-refractivity contribution in [1.82, 2.24) is 25.3 Å².